The fraction of sp³-hybridized carbons (Fsp3) is 0.308. The molecule has 4 rings (SSSR count). The standard InChI is InChI=1S/C26H29NO5S2/c1-18(28)17-33-25-16-24(22-10-6-7-11-23(22)26(25)29)27-34(30,31)21-14-12-20(13-15-21)32-19-8-4-2-3-5-9-19/h6-7,10-16,19,27-29H,1-5,8-9,17H2. The first-order valence-electron chi connectivity index (χ1n) is 11.4. The SMILES string of the molecule is C=C(O)CSc1cc(NS(=O)(=O)c2ccc(OC3CCCCCC3)cc2)c2ccccc2c1O. The van der Waals surface area contributed by atoms with Gasteiger partial charge in [0, 0.05) is 10.8 Å². The molecule has 3 aromatic rings. The van der Waals surface area contributed by atoms with E-state index in [4.69, 9.17) is 4.74 Å². The van der Waals surface area contributed by atoms with Gasteiger partial charge in [0.05, 0.1) is 33.1 Å². The fourth-order valence-corrected chi connectivity index (χ4v) is 5.98. The quantitative estimate of drug-likeness (QED) is 0.140. The van der Waals surface area contributed by atoms with E-state index in [1.54, 1.807) is 54.6 Å². The second-order valence-corrected chi connectivity index (χ2v) is 11.2. The van der Waals surface area contributed by atoms with Gasteiger partial charge in [-0.3, -0.25) is 4.72 Å². The number of benzene rings is 3. The first-order valence-corrected chi connectivity index (χ1v) is 13.8. The van der Waals surface area contributed by atoms with Crippen LogP contribution in [0.5, 0.6) is 11.5 Å². The zero-order valence-electron chi connectivity index (χ0n) is 18.9. The second kappa shape index (κ2) is 10.6. The first kappa shape index (κ1) is 24.3. The van der Waals surface area contributed by atoms with Crippen molar-refractivity contribution in [2.24, 2.45) is 0 Å². The van der Waals surface area contributed by atoms with Gasteiger partial charge in [-0.2, -0.15) is 0 Å². The average molecular weight is 500 g/mol. The van der Waals surface area contributed by atoms with Crippen molar-refractivity contribution in [2.45, 2.75) is 54.4 Å². The van der Waals surface area contributed by atoms with Gasteiger partial charge >= 0.3 is 0 Å². The zero-order chi connectivity index (χ0) is 24.1. The number of sulfonamides is 1. The topological polar surface area (TPSA) is 95.9 Å². The van der Waals surface area contributed by atoms with Gasteiger partial charge < -0.3 is 14.9 Å². The van der Waals surface area contributed by atoms with Crippen LogP contribution >= 0.6 is 11.8 Å². The molecule has 180 valence electrons. The predicted octanol–water partition coefficient (Wildman–Crippen LogP) is 6.61. The number of aromatic hydroxyl groups is 1. The molecule has 0 heterocycles. The number of aliphatic hydroxyl groups is 1. The Balaban J connectivity index is 1.58. The van der Waals surface area contributed by atoms with E-state index >= 15 is 0 Å². The van der Waals surface area contributed by atoms with E-state index in [1.165, 1.54) is 24.6 Å². The van der Waals surface area contributed by atoms with Gasteiger partial charge in [0.1, 0.15) is 11.5 Å². The number of ether oxygens (including phenoxy) is 1. The van der Waals surface area contributed by atoms with E-state index in [1.807, 2.05) is 0 Å². The lowest BCUT2D eigenvalue weighted by molar-refractivity contribution is 0.183. The fourth-order valence-electron chi connectivity index (χ4n) is 4.14. The number of fused-ring (bicyclic) bond motifs is 1. The maximum absolute atomic E-state index is 13.2. The molecule has 34 heavy (non-hydrogen) atoms. The summed E-state index contributed by atoms with van der Waals surface area (Å²) in [4.78, 5) is 0.564. The van der Waals surface area contributed by atoms with Crippen LogP contribution in [0.25, 0.3) is 10.8 Å². The summed E-state index contributed by atoms with van der Waals surface area (Å²) in [6.07, 6.45) is 7.03. The highest BCUT2D eigenvalue weighted by Crippen LogP contribution is 2.40. The Hall–Kier alpha value is -2.84. The molecular weight excluding hydrogens is 470 g/mol. The molecule has 0 spiro atoms. The van der Waals surface area contributed by atoms with Crippen molar-refractivity contribution < 1.29 is 23.4 Å². The molecule has 0 unspecified atom stereocenters. The van der Waals surface area contributed by atoms with E-state index < -0.39 is 10.0 Å². The van der Waals surface area contributed by atoms with Gasteiger partial charge in [-0.25, -0.2) is 8.42 Å². The van der Waals surface area contributed by atoms with Crippen LogP contribution < -0.4 is 9.46 Å². The maximum atomic E-state index is 13.2. The number of phenolic OH excluding ortho intramolecular Hbond substituents is 1. The van der Waals surface area contributed by atoms with Crippen LogP contribution in [0.3, 0.4) is 0 Å². The van der Waals surface area contributed by atoms with Crippen LogP contribution in [0.2, 0.25) is 0 Å². The third kappa shape index (κ3) is 5.80. The summed E-state index contributed by atoms with van der Waals surface area (Å²) < 4.78 is 35.1. The number of rotatable bonds is 8. The molecule has 1 aliphatic rings. The summed E-state index contributed by atoms with van der Waals surface area (Å²) in [5.41, 5.74) is 0.346. The van der Waals surface area contributed by atoms with Crippen molar-refractivity contribution in [1.82, 2.24) is 0 Å². The molecule has 0 saturated heterocycles. The van der Waals surface area contributed by atoms with E-state index in [0.29, 0.717) is 27.1 Å². The van der Waals surface area contributed by atoms with Crippen molar-refractivity contribution in [3.05, 3.63) is 66.9 Å². The minimum Gasteiger partial charge on any atom is -0.512 e. The van der Waals surface area contributed by atoms with Crippen molar-refractivity contribution in [3.63, 3.8) is 0 Å². The van der Waals surface area contributed by atoms with Crippen molar-refractivity contribution in [2.75, 3.05) is 10.5 Å². The number of aliphatic hydroxyl groups excluding tert-OH is 1. The van der Waals surface area contributed by atoms with Gasteiger partial charge in [-0.15, -0.1) is 11.8 Å². The molecule has 0 aliphatic heterocycles. The summed E-state index contributed by atoms with van der Waals surface area (Å²) in [5, 5.41) is 21.2. The third-order valence-electron chi connectivity index (χ3n) is 5.86. The molecule has 3 aromatic carbocycles. The monoisotopic (exact) mass is 499 g/mol. The van der Waals surface area contributed by atoms with E-state index in [2.05, 4.69) is 11.3 Å². The Morgan fingerprint density at radius 1 is 1.03 bits per heavy atom. The molecule has 0 amide bonds. The highest BCUT2D eigenvalue weighted by Gasteiger charge is 2.20. The average Bonchev–Trinajstić information content (AvgIpc) is 3.09. The summed E-state index contributed by atoms with van der Waals surface area (Å²) in [6.45, 7) is 3.46. The van der Waals surface area contributed by atoms with E-state index in [-0.39, 0.29) is 28.3 Å². The van der Waals surface area contributed by atoms with Gasteiger partial charge in [0.15, 0.2) is 0 Å². The smallest absolute Gasteiger partial charge is 0.261 e. The maximum Gasteiger partial charge on any atom is 0.261 e. The molecule has 0 bridgehead atoms. The largest absolute Gasteiger partial charge is 0.512 e. The molecule has 0 radical (unpaired) electrons. The van der Waals surface area contributed by atoms with E-state index in [0.717, 1.165) is 25.7 Å². The van der Waals surface area contributed by atoms with Gasteiger partial charge in [-0.05, 0) is 56.0 Å². The second-order valence-electron chi connectivity index (χ2n) is 8.48. The summed E-state index contributed by atoms with van der Waals surface area (Å²) >= 11 is 1.17. The molecule has 1 aliphatic carbocycles. The van der Waals surface area contributed by atoms with Crippen LogP contribution in [0, 0.1) is 0 Å². The number of hydrogen-bond acceptors (Lipinski definition) is 6. The number of hydrogen-bond donors (Lipinski definition) is 3. The van der Waals surface area contributed by atoms with Gasteiger partial charge in [-0.1, -0.05) is 43.7 Å². The molecule has 1 saturated carbocycles. The number of phenols is 1. The van der Waals surface area contributed by atoms with Gasteiger partial charge in [0.25, 0.3) is 10.0 Å². The zero-order valence-corrected chi connectivity index (χ0v) is 20.5. The predicted molar refractivity (Wildman–Crippen MR) is 137 cm³/mol. The minimum absolute atomic E-state index is 0.0322. The molecular formula is C26H29NO5S2. The lowest BCUT2D eigenvalue weighted by Crippen LogP contribution is -2.16. The number of anilines is 1. The van der Waals surface area contributed by atoms with Crippen LogP contribution in [0.1, 0.15) is 38.5 Å². The molecule has 0 aromatic heterocycles. The molecule has 0 atom stereocenters. The highest BCUT2D eigenvalue weighted by atomic mass is 32.2. The Morgan fingerprint density at radius 3 is 2.32 bits per heavy atom. The van der Waals surface area contributed by atoms with Gasteiger partial charge in [0.2, 0.25) is 0 Å². The van der Waals surface area contributed by atoms with E-state index in [9.17, 15) is 18.6 Å². The number of thioether (sulfide) groups is 1. The van der Waals surface area contributed by atoms with Crippen LogP contribution in [-0.2, 0) is 10.0 Å². The Bertz CT molecular complexity index is 1260. The summed E-state index contributed by atoms with van der Waals surface area (Å²) in [6, 6.07) is 15.1. The van der Waals surface area contributed by atoms with Crippen LogP contribution in [0.4, 0.5) is 5.69 Å². The lowest BCUT2D eigenvalue weighted by Gasteiger charge is -2.17. The molecule has 3 N–H and O–H groups in total. The lowest BCUT2D eigenvalue weighted by atomic mass is 10.1. The molecule has 8 heteroatoms. The van der Waals surface area contributed by atoms with Crippen molar-refractivity contribution >= 4 is 38.2 Å². The normalized spacial score (nSPS) is 15.1. The molecule has 6 nitrogen and oxygen atoms in total. The highest BCUT2D eigenvalue weighted by molar-refractivity contribution is 7.99. The summed E-state index contributed by atoms with van der Waals surface area (Å²) in [5.74, 6) is 0.847. The van der Waals surface area contributed by atoms with Crippen molar-refractivity contribution in [3.8, 4) is 11.5 Å². The molecule has 1 fully saturated rings. The number of nitrogens with one attached hydrogen (secondary N) is 1. The Kier molecular flexibility index (Phi) is 7.58. The Morgan fingerprint density at radius 2 is 1.68 bits per heavy atom. The van der Waals surface area contributed by atoms with Crippen LogP contribution in [0.15, 0.2) is 76.7 Å². The summed E-state index contributed by atoms with van der Waals surface area (Å²) in [7, 11) is -3.88. The minimum atomic E-state index is -3.88. The van der Waals surface area contributed by atoms with Crippen molar-refractivity contribution in [1.29, 1.82) is 0 Å². The van der Waals surface area contributed by atoms with Crippen LogP contribution in [-0.4, -0.2) is 30.5 Å². The Labute approximate surface area is 204 Å². The third-order valence-corrected chi connectivity index (χ3v) is 8.34. The first-order chi connectivity index (χ1) is 16.3.